The van der Waals surface area contributed by atoms with Crippen LogP contribution in [0.4, 0.5) is 0 Å². The Bertz CT molecular complexity index is 463. The number of rotatable bonds is 3. The van der Waals surface area contributed by atoms with Gasteiger partial charge in [0.15, 0.2) is 5.69 Å². The number of carbonyl (C=O) groups is 1. The number of H-pyrrole nitrogens is 1. The minimum atomic E-state index is -0.295. The van der Waals surface area contributed by atoms with Crippen molar-refractivity contribution in [1.29, 1.82) is 0 Å². The Labute approximate surface area is 91.3 Å². The van der Waals surface area contributed by atoms with Crippen LogP contribution in [0.5, 0.6) is 0 Å². The molecule has 0 fully saturated rings. The number of hydrogen-bond donors (Lipinski definition) is 2. The van der Waals surface area contributed by atoms with E-state index in [0.29, 0.717) is 12.2 Å². The summed E-state index contributed by atoms with van der Waals surface area (Å²) in [6, 6.07) is 0. The lowest BCUT2D eigenvalue weighted by molar-refractivity contribution is 0.0945. The molecule has 2 N–H and O–H groups in total. The van der Waals surface area contributed by atoms with Crippen molar-refractivity contribution in [2.75, 3.05) is 0 Å². The number of nitrogens with zero attached hydrogens (tertiary/aromatic N) is 4. The average Bonchev–Trinajstić information content (AvgIpc) is 2.81. The van der Waals surface area contributed by atoms with Crippen LogP contribution in [0, 0.1) is 6.92 Å². The van der Waals surface area contributed by atoms with Crippen molar-refractivity contribution in [3.63, 3.8) is 0 Å². The van der Waals surface area contributed by atoms with Gasteiger partial charge < -0.3 is 5.32 Å². The predicted octanol–water partition coefficient (Wildman–Crippen LogP) is -0.167. The molecule has 1 amide bonds. The number of aromatic nitrogens is 5. The fourth-order valence-electron chi connectivity index (χ4n) is 1.08. The summed E-state index contributed by atoms with van der Waals surface area (Å²) in [6.45, 7) is 2.17. The third kappa shape index (κ3) is 2.38. The van der Waals surface area contributed by atoms with E-state index in [9.17, 15) is 4.79 Å². The van der Waals surface area contributed by atoms with E-state index >= 15 is 0 Å². The fraction of sp³-hybridized carbons (Fsp3) is 0.222. The Morgan fingerprint density at radius 3 is 2.88 bits per heavy atom. The van der Waals surface area contributed by atoms with Gasteiger partial charge in [0.2, 0.25) is 0 Å². The monoisotopic (exact) mass is 218 g/mol. The van der Waals surface area contributed by atoms with Crippen molar-refractivity contribution in [1.82, 2.24) is 30.7 Å². The van der Waals surface area contributed by atoms with Crippen molar-refractivity contribution < 1.29 is 4.79 Å². The first-order chi connectivity index (χ1) is 7.75. The third-order valence-corrected chi connectivity index (χ3v) is 1.91. The highest BCUT2D eigenvalue weighted by atomic mass is 16.1. The standard InChI is InChI=1S/C9H10N6O/c1-6-2-11-7(3-10-6)4-12-9(16)8-5-13-15-14-8/h2-3,5H,4H2,1H3,(H,12,16)(H,13,14,15). The SMILES string of the molecule is Cc1cnc(CNC(=O)c2cn[nH]n2)cn1. The van der Waals surface area contributed by atoms with Crippen LogP contribution in [0.15, 0.2) is 18.6 Å². The first-order valence-corrected chi connectivity index (χ1v) is 4.67. The Hall–Kier alpha value is -2.31. The van der Waals surface area contributed by atoms with E-state index in [2.05, 4.69) is 30.7 Å². The molecule has 82 valence electrons. The molecule has 0 aliphatic rings. The van der Waals surface area contributed by atoms with Crippen molar-refractivity contribution >= 4 is 5.91 Å². The summed E-state index contributed by atoms with van der Waals surface area (Å²) in [5.74, 6) is -0.295. The molecule has 2 rings (SSSR count). The van der Waals surface area contributed by atoms with E-state index in [0.717, 1.165) is 5.69 Å². The molecule has 0 unspecified atom stereocenters. The summed E-state index contributed by atoms with van der Waals surface area (Å²) in [6.07, 6.45) is 4.63. The molecule has 16 heavy (non-hydrogen) atoms. The lowest BCUT2D eigenvalue weighted by Crippen LogP contribution is -2.23. The van der Waals surface area contributed by atoms with E-state index in [1.807, 2.05) is 6.92 Å². The van der Waals surface area contributed by atoms with Crippen LogP contribution in [-0.4, -0.2) is 31.3 Å². The second kappa shape index (κ2) is 4.47. The van der Waals surface area contributed by atoms with Gasteiger partial charge in [-0.1, -0.05) is 0 Å². The zero-order chi connectivity index (χ0) is 11.4. The molecule has 0 aromatic carbocycles. The molecule has 0 aliphatic heterocycles. The van der Waals surface area contributed by atoms with Crippen molar-refractivity contribution in [2.45, 2.75) is 13.5 Å². The molecule has 0 atom stereocenters. The normalized spacial score (nSPS) is 10.1. The van der Waals surface area contributed by atoms with Crippen LogP contribution in [-0.2, 0) is 6.54 Å². The van der Waals surface area contributed by atoms with E-state index in [4.69, 9.17) is 0 Å². The van der Waals surface area contributed by atoms with Crippen LogP contribution in [0.1, 0.15) is 21.9 Å². The maximum atomic E-state index is 11.5. The molecule has 0 bridgehead atoms. The smallest absolute Gasteiger partial charge is 0.273 e. The Morgan fingerprint density at radius 2 is 2.25 bits per heavy atom. The van der Waals surface area contributed by atoms with Gasteiger partial charge in [-0.25, -0.2) is 0 Å². The fourth-order valence-corrected chi connectivity index (χ4v) is 1.08. The lowest BCUT2D eigenvalue weighted by atomic mass is 10.4. The molecule has 0 radical (unpaired) electrons. The summed E-state index contributed by atoms with van der Waals surface area (Å²) in [7, 11) is 0. The summed E-state index contributed by atoms with van der Waals surface area (Å²) in [4.78, 5) is 19.6. The van der Waals surface area contributed by atoms with Crippen molar-refractivity contribution in [3.8, 4) is 0 Å². The number of carbonyl (C=O) groups excluding carboxylic acids is 1. The predicted molar refractivity (Wildman–Crippen MR) is 54.3 cm³/mol. The summed E-state index contributed by atoms with van der Waals surface area (Å²) < 4.78 is 0. The van der Waals surface area contributed by atoms with E-state index in [1.165, 1.54) is 6.20 Å². The second-order valence-electron chi connectivity index (χ2n) is 3.19. The topological polar surface area (TPSA) is 96.5 Å². The minimum absolute atomic E-state index is 0.250. The van der Waals surface area contributed by atoms with Crippen LogP contribution in [0.2, 0.25) is 0 Å². The molecule has 7 heteroatoms. The summed E-state index contributed by atoms with van der Waals surface area (Å²) in [5, 5.41) is 12.2. The number of aryl methyl sites for hydroxylation is 1. The van der Waals surface area contributed by atoms with E-state index in [1.54, 1.807) is 12.4 Å². The zero-order valence-corrected chi connectivity index (χ0v) is 8.64. The average molecular weight is 218 g/mol. The molecular weight excluding hydrogens is 208 g/mol. The Balaban J connectivity index is 1.93. The molecule has 7 nitrogen and oxygen atoms in total. The molecule has 2 aromatic rings. The number of aromatic amines is 1. The Kier molecular flexibility index (Phi) is 2.86. The summed E-state index contributed by atoms with van der Waals surface area (Å²) >= 11 is 0. The van der Waals surface area contributed by atoms with E-state index in [-0.39, 0.29) is 11.6 Å². The van der Waals surface area contributed by atoms with Gasteiger partial charge in [0.25, 0.3) is 5.91 Å². The third-order valence-electron chi connectivity index (χ3n) is 1.91. The highest BCUT2D eigenvalue weighted by Crippen LogP contribution is 1.95. The van der Waals surface area contributed by atoms with Gasteiger partial charge in [0.1, 0.15) is 0 Å². The molecule has 0 saturated carbocycles. The van der Waals surface area contributed by atoms with Gasteiger partial charge in [-0.2, -0.15) is 15.4 Å². The van der Waals surface area contributed by atoms with Crippen molar-refractivity contribution in [2.24, 2.45) is 0 Å². The first kappa shape index (κ1) is 10.2. The molecular formula is C9H10N6O. The highest BCUT2D eigenvalue weighted by molar-refractivity contribution is 5.91. The van der Waals surface area contributed by atoms with Gasteiger partial charge in [-0.15, -0.1) is 0 Å². The number of amides is 1. The zero-order valence-electron chi connectivity index (χ0n) is 8.64. The van der Waals surface area contributed by atoms with E-state index < -0.39 is 0 Å². The van der Waals surface area contributed by atoms with Crippen LogP contribution in [0.3, 0.4) is 0 Å². The quantitative estimate of drug-likeness (QED) is 0.745. The number of hydrogen-bond acceptors (Lipinski definition) is 5. The second-order valence-corrected chi connectivity index (χ2v) is 3.19. The molecule has 0 saturated heterocycles. The van der Waals surface area contributed by atoms with Gasteiger partial charge in [-0.05, 0) is 6.92 Å². The maximum Gasteiger partial charge on any atom is 0.273 e. The van der Waals surface area contributed by atoms with Gasteiger partial charge in [0.05, 0.1) is 30.3 Å². The largest absolute Gasteiger partial charge is 0.345 e. The van der Waals surface area contributed by atoms with Gasteiger partial charge in [-0.3, -0.25) is 14.8 Å². The molecule has 0 aliphatic carbocycles. The lowest BCUT2D eigenvalue weighted by Gasteiger charge is -2.01. The first-order valence-electron chi connectivity index (χ1n) is 4.67. The minimum Gasteiger partial charge on any atom is -0.345 e. The number of nitrogens with one attached hydrogen (secondary N) is 2. The Morgan fingerprint density at radius 1 is 1.38 bits per heavy atom. The van der Waals surface area contributed by atoms with Crippen molar-refractivity contribution in [3.05, 3.63) is 35.7 Å². The maximum absolute atomic E-state index is 11.5. The molecule has 2 aromatic heterocycles. The molecule has 0 spiro atoms. The van der Waals surface area contributed by atoms with Crippen LogP contribution < -0.4 is 5.32 Å². The summed E-state index contributed by atoms with van der Waals surface area (Å²) in [5.41, 5.74) is 1.79. The van der Waals surface area contributed by atoms with Crippen LogP contribution in [0.25, 0.3) is 0 Å². The van der Waals surface area contributed by atoms with Crippen LogP contribution >= 0.6 is 0 Å². The highest BCUT2D eigenvalue weighted by Gasteiger charge is 2.07. The van der Waals surface area contributed by atoms with Gasteiger partial charge in [0, 0.05) is 6.20 Å². The van der Waals surface area contributed by atoms with Gasteiger partial charge >= 0.3 is 0 Å². The molecule has 2 heterocycles.